The lowest BCUT2D eigenvalue weighted by atomic mass is 9.91. The number of thioether (sulfide) groups is 1. The Bertz CT molecular complexity index is 1170. The fourth-order valence-electron chi connectivity index (χ4n) is 4.29. The molecule has 0 aromatic heterocycles. The number of rotatable bonds is 12. The van der Waals surface area contributed by atoms with E-state index in [2.05, 4.69) is 17.2 Å². The number of carbonyl (C=O) groups is 1. The van der Waals surface area contributed by atoms with Gasteiger partial charge < -0.3 is 30.1 Å². The number of benzene rings is 2. The highest BCUT2D eigenvalue weighted by Crippen LogP contribution is 2.36. The van der Waals surface area contributed by atoms with Crippen molar-refractivity contribution in [3.8, 4) is 30.4 Å². The number of aliphatic hydroxyl groups is 3. The number of aliphatic hydroxyl groups excluding tert-OH is 3. The van der Waals surface area contributed by atoms with Crippen molar-refractivity contribution in [2.75, 3.05) is 39.5 Å². The van der Waals surface area contributed by atoms with Gasteiger partial charge in [0.15, 0.2) is 0 Å². The molecular weight excluding hydrogens is 516 g/mol. The molecule has 4 N–H and O–H groups in total. The third-order valence-electron chi connectivity index (χ3n) is 6.51. The number of carbonyl (C=O) groups excluding carboxylic acids is 1. The summed E-state index contributed by atoms with van der Waals surface area (Å²) >= 11 is 1.27. The van der Waals surface area contributed by atoms with Crippen LogP contribution in [0.3, 0.4) is 0 Å². The predicted molar refractivity (Wildman–Crippen MR) is 152 cm³/mol. The predicted octanol–water partition coefficient (Wildman–Crippen LogP) is 1.55. The molecule has 1 aliphatic heterocycles. The van der Waals surface area contributed by atoms with Gasteiger partial charge in [-0.2, -0.15) is 0 Å². The molecule has 0 bridgehead atoms. The average Bonchev–Trinajstić information content (AvgIpc) is 2.93. The van der Waals surface area contributed by atoms with Gasteiger partial charge in [-0.25, -0.2) is 0 Å². The molecular formula is C30H36N2O6S. The molecule has 1 fully saturated rings. The van der Waals surface area contributed by atoms with Crippen molar-refractivity contribution in [3.63, 3.8) is 0 Å². The van der Waals surface area contributed by atoms with Crippen molar-refractivity contribution in [2.45, 2.75) is 42.7 Å². The summed E-state index contributed by atoms with van der Waals surface area (Å²) in [5.41, 5.74) is 2.58. The maximum Gasteiger partial charge on any atom is 0.223 e. The number of hydrogen-bond acceptors (Lipinski definition) is 8. The first-order chi connectivity index (χ1) is 18.8. The maximum absolute atomic E-state index is 12.0. The number of nitrogens with one attached hydrogen (secondary N) is 1. The van der Waals surface area contributed by atoms with Crippen LogP contribution in [-0.2, 0) is 16.0 Å². The Labute approximate surface area is 234 Å². The van der Waals surface area contributed by atoms with Gasteiger partial charge in [-0.1, -0.05) is 36.1 Å². The van der Waals surface area contributed by atoms with E-state index in [1.807, 2.05) is 42.3 Å². The van der Waals surface area contributed by atoms with Gasteiger partial charge in [-0.3, -0.25) is 9.69 Å². The van der Waals surface area contributed by atoms with E-state index in [1.165, 1.54) is 11.8 Å². The molecule has 1 heterocycles. The molecule has 0 aliphatic carbocycles. The highest BCUT2D eigenvalue weighted by molar-refractivity contribution is 7.99. The molecule has 8 nitrogen and oxygen atoms in total. The molecule has 39 heavy (non-hydrogen) atoms. The molecule has 2 aromatic rings. The van der Waals surface area contributed by atoms with E-state index < -0.39 is 29.9 Å². The minimum Gasteiger partial charge on any atom is -0.493 e. The number of terminal acetylenes is 2. The van der Waals surface area contributed by atoms with Gasteiger partial charge in [-0.15, -0.1) is 24.6 Å². The molecule has 1 aliphatic rings. The van der Waals surface area contributed by atoms with Crippen LogP contribution in [0.2, 0.25) is 0 Å². The average molecular weight is 553 g/mol. The Morgan fingerprint density at radius 3 is 2.54 bits per heavy atom. The van der Waals surface area contributed by atoms with Gasteiger partial charge in [0, 0.05) is 18.7 Å². The lowest BCUT2D eigenvalue weighted by Crippen LogP contribution is -2.52. The van der Waals surface area contributed by atoms with Crippen LogP contribution in [-0.4, -0.2) is 89.4 Å². The van der Waals surface area contributed by atoms with Crippen LogP contribution in [0.5, 0.6) is 5.75 Å². The molecule has 5 atom stereocenters. The zero-order valence-electron chi connectivity index (χ0n) is 22.2. The summed E-state index contributed by atoms with van der Waals surface area (Å²) in [7, 11) is 1.90. The van der Waals surface area contributed by atoms with E-state index in [1.54, 1.807) is 18.4 Å². The fourth-order valence-corrected chi connectivity index (χ4v) is 4.96. The Hall–Kier alpha value is -3.02. The van der Waals surface area contributed by atoms with Crippen molar-refractivity contribution in [2.24, 2.45) is 0 Å². The van der Waals surface area contributed by atoms with E-state index in [9.17, 15) is 20.1 Å². The van der Waals surface area contributed by atoms with Gasteiger partial charge >= 0.3 is 0 Å². The topological polar surface area (TPSA) is 111 Å². The second kappa shape index (κ2) is 14.9. The van der Waals surface area contributed by atoms with Crippen LogP contribution >= 0.6 is 11.8 Å². The molecule has 1 saturated heterocycles. The maximum atomic E-state index is 12.0. The molecule has 1 amide bonds. The second-order valence-electron chi connectivity index (χ2n) is 9.40. The fraction of sp³-hybridized carbons (Fsp3) is 0.433. The van der Waals surface area contributed by atoms with Gasteiger partial charge in [0.2, 0.25) is 5.91 Å². The Balaban J connectivity index is 1.57. The largest absolute Gasteiger partial charge is 0.493 e. The highest BCUT2D eigenvalue weighted by Gasteiger charge is 2.44. The molecule has 0 radical (unpaired) electrons. The lowest BCUT2D eigenvalue weighted by Gasteiger charge is -2.40. The lowest BCUT2D eigenvalue weighted by molar-refractivity contribution is -0.200. The van der Waals surface area contributed by atoms with E-state index in [-0.39, 0.29) is 18.9 Å². The number of nitrogens with zero attached hydrogens (tertiary/aromatic N) is 1. The summed E-state index contributed by atoms with van der Waals surface area (Å²) in [6.45, 7) is 2.01. The van der Waals surface area contributed by atoms with Gasteiger partial charge in [-0.05, 0) is 54.6 Å². The van der Waals surface area contributed by atoms with Crippen molar-refractivity contribution < 1.29 is 29.6 Å². The summed E-state index contributed by atoms with van der Waals surface area (Å²) < 4.78 is 11.6. The summed E-state index contributed by atoms with van der Waals surface area (Å²) in [4.78, 5) is 14.0. The van der Waals surface area contributed by atoms with E-state index in [4.69, 9.17) is 22.3 Å². The zero-order valence-corrected chi connectivity index (χ0v) is 23.1. The van der Waals surface area contributed by atoms with Gasteiger partial charge in [0.1, 0.15) is 35.6 Å². The zero-order chi connectivity index (χ0) is 28.4. The quantitative estimate of drug-likeness (QED) is 0.294. The van der Waals surface area contributed by atoms with E-state index in [0.29, 0.717) is 42.9 Å². The normalized spacial score (nSPS) is 22.6. The molecule has 0 saturated carbocycles. The third-order valence-corrected chi connectivity index (χ3v) is 7.36. The minimum atomic E-state index is -1.32. The Kier molecular flexibility index (Phi) is 11.7. The summed E-state index contributed by atoms with van der Waals surface area (Å²) in [5.74, 6) is 5.83. The number of amides is 1. The van der Waals surface area contributed by atoms with Crippen molar-refractivity contribution in [3.05, 3.63) is 64.7 Å². The summed E-state index contributed by atoms with van der Waals surface area (Å²) in [6.07, 6.45) is 8.97. The minimum absolute atomic E-state index is 0.0830. The van der Waals surface area contributed by atoms with Gasteiger partial charge in [0.25, 0.3) is 0 Å². The Morgan fingerprint density at radius 2 is 1.87 bits per heavy atom. The van der Waals surface area contributed by atoms with Crippen LogP contribution in [0.1, 0.15) is 34.8 Å². The van der Waals surface area contributed by atoms with Crippen LogP contribution in [0, 0.1) is 24.7 Å². The molecule has 0 spiro atoms. The highest BCUT2D eigenvalue weighted by atomic mass is 32.2. The molecule has 208 valence electrons. The number of ether oxygens (including phenoxy) is 2. The van der Waals surface area contributed by atoms with E-state index in [0.717, 1.165) is 11.1 Å². The van der Waals surface area contributed by atoms with Crippen LogP contribution in [0.25, 0.3) is 0 Å². The standard InChI is InChI=1S/C30H36N2O6S/c1-5-15-32(3)16-14-31-25(33)13-17-37-24-11-7-20(8-12-24)18-23-19-22(10-9-21(23)6-2)29-27(35)26(34)28(36)30(38-29)39-4/h1-2,7-12,19,26-30,34-36H,13-18H2,3-4H3,(H,31,33)/t26-,27-,28+,29+,30-/m1/s1. The van der Waals surface area contributed by atoms with Crippen LogP contribution in [0.4, 0.5) is 0 Å². The van der Waals surface area contributed by atoms with Crippen molar-refractivity contribution in [1.29, 1.82) is 0 Å². The smallest absolute Gasteiger partial charge is 0.223 e. The van der Waals surface area contributed by atoms with E-state index >= 15 is 0 Å². The summed E-state index contributed by atoms with van der Waals surface area (Å²) in [5, 5.41) is 33.9. The summed E-state index contributed by atoms with van der Waals surface area (Å²) in [6, 6.07) is 13.0. The first-order valence-electron chi connectivity index (χ1n) is 12.7. The van der Waals surface area contributed by atoms with Crippen LogP contribution in [0.15, 0.2) is 42.5 Å². The molecule has 3 rings (SSSR count). The molecule has 2 aromatic carbocycles. The molecule has 0 unspecified atom stereocenters. The molecule has 9 heteroatoms. The number of likely N-dealkylation sites (N-methyl/N-ethyl adjacent to an activating group) is 1. The monoisotopic (exact) mass is 552 g/mol. The second-order valence-corrected chi connectivity index (χ2v) is 10.3. The van der Waals surface area contributed by atoms with Crippen LogP contribution < -0.4 is 10.1 Å². The third kappa shape index (κ3) is 8.48. The Morgan fingerprint density at radius 1 is 1.13 bits per heavy atom. The number of hydrogen-bond donors (Lipinski definition) is 4. The first-order valence-corrected chi connectivity index (χ1v) is 14.0. The van der Waals surface area contributed by atoms with Gasteiger partial charge in [0.05, 0.1) is 19.6 Å². The van der Waals surface area contributed by atoms with Crippen molar-refractivity contribution >= 4 is 17.7 Å². The SMILES string of the molecule is C#CCN(C)CCNC(=O)CCOc1ccc(Cc2cc([C@@H]3O[C@H](SC)[C@@H](O)[C@H](O)[C@H]3O)ccc2C#C)cc1. The first kappa shape index (κ1) is 30.5. The van der Waals surface area contributed by atoms with Crippen molar-refractivity contribution in [1.82, 2.24) is 10.2 Å².